The van der Waals surface area contributed by atoms with Crippen LogP contribution in [0.3, 0.4) is 0 Å². The van der Waals surface area contributed by atoms with Gasteiger partial charge in [-0.05, 0) is 26.7 Å². The molecular formula is C24H46O5. The van der Waals surface area contributed by atoms with Gasteiger partial charge in [-0.25, -0.2) is 9.59 Å². The van der Waals surface area contributed by atoms with E-state index in [1.807, 2.05) is 0 Å². The summed E-state index contributed by atoms with van der Waals surface area (Å²) in [7, 11) is 0. The van der Waals surface area contributed by atoms with Crippen molar-refractivity contribution in [2.75, 3.05) is 0 Å². The fraction of sp³-hybridized carbons (Fsp3) is 0.917. The van der Waals surface area contributed by atoms with E-state index >= 15 is 0 Å². The van der Waals surface area contributed by atoms with Gasteiger partial charge in [0.25, 0.3) is 0 Å². The highest BCUT2D eigenvalue weighted by Crippen LogP contribution is 2.19. The molecule has 29 heavy (non-hydrogen) atoms. The van der Waals surface area contributed by atoms with Crippen molar-refractivity contribution < 1.29 is 24.5 Å². The minimum atomic E-state index is -1.68. The molecule has 0 aliphatic rings. The second-order valence-corrected chi connectivity index (χ2v) is 8.71. The first-order chi connectivity index (χ1) is 13.8. The SMILES string of the molecule is CCCCCCCCCCCCCCCCCCC(C)(O)C(=O)OC(=O)C(C)O. The molecule has 0 radical (unpaired) electrons. The lowest BCUT2D eigenvalue weighted by atomic mass is 9.97. The van der Waals surface area contributed by atoms with Crippen LogP contribution < -0.4 is 0 Å². The van der Waals surface area contributed by atoms with Crippen LogP contribution in [0.2, 0.25) is 0 Å². The van der Waals surface area contributed by atoms with Crippen molar-refractivity contribution in [3.05, 3.63) is 0 Å². The number of hydrogen-bond acceptors (Lipinski definition) is 5. The van der Waals surface area contributed by atoms with E-state index in [0.29, 0.717) is 6.42 Å². The quantitative estimate of drug-likeness (QED) is 0.158. The number of ether oxygens (including phenoxy) is 1. The highest BCUT2D eigenvalue weighted by molar-refractivity contribution is 5.91. The number of hydrogen-bond donors (Lipinski definition) is 2. The average molecular weight is 415 g/mol. The summed E-state index contributed by atoms with van der Waals surface area (Å²) in [6.45, 7) is 4.84. The maximum Gasteiger partial charge on any atom is 0.345 e. The monoisotopic (exact) mass is 414 g/mol. The second-order valence-electron chi connectivity index (χ2n) is 8.71. The molecule has 5 nitrogen and oxygen atoms in total. The number of carbonyl (C=O) groups excluding carboxylic acids is 2. The van der Waals surface area contributed by atoms with Crippen LogP contribution in [0, 0.1) is 0 Å². The summed E-state index contributed by atoms with van der Waals surface area (Å²) in [6, 6.07) is 0. The zero-order valence-corrected chi connectivity index (χ0v) is 19.2. The molecule has 0 aromatic carbocycles. The van der Waals surface area contributed by atoms with E-state index < -0.39 is 23.6 Å². The first-order valence-corrected chi connectivity index (χ1v) is 12.0. The van der Waals surface area contributed by atoms with Crippen LogP contribution in [0.15, 0.2) is 0 Å². The molecule has 0 aliphatic carbocycles. The molecule has 0 saturated carbocycles. The van der Waals surface area contributed by atoms with Gasteiger partial charge in [0, 0.05) is 0 Å². The lowest BCUT2D eigenvalue weighted by Gasteiger charge is -2.20. The van der Waals surface area contributed by atoms with Crippen molar-refractivity contribution >= 4 is 11.9 Å². The molecule has 0 bridgehead atoms. The molecular weight excluding hydrogens is 368 g/mol. The maximum absolute atomic E-state index is 11.8. The fourth-order valence-electron chi connectivity index (χ4n) is 3.41. The standard InChI is InChI=1S/C24H46O5/c1-4-5-6-7-8-9-10-11-12-13-14-15-16-17-18-19-20-24(3,28)23(27)29-22(26)21(2)25/h21,25,28H,4-20H2,1-3H3. The third-order valence-corrected chi connectivity index (χ3v) is 5.49. The molecule has 0 fully saturated rings. The Labute approximate surface area is 178 Å². The Kier molecular flexibility index (Phi) is 17.3. The summed E-state index contributed by atoms with van der Waals surface area (Å²) in [6.07, 6.45) is 19.1. The van der Waals surface area contributed by atoms with Crippen molar-refractivity contribution in [2.24, 2.45) is 0 Å². The number of aliphatic hydroxyl groups is 2. The first-order valence-electron chi connectivity index (χ1n) is 12.0. The zero-order chi connectivity index (χ0) is 22.0. The molecule has 2 unspecified atom stereocenters. The van der Waals surface area contributed by atoms with Crippen LogP contribution in [0.25, 0.3) is 0 Å². The summed E-state index contributed by atoms with van der Waals surface area (Å²) in [5, 5.41) is 19.2. The molecule has 5 heteroatoms. The van der Waals surface area contributed by atoms with Gasteiger partial charge in [-0.3, -0.25) is 0 Å². The van der Waals surface area contributed by atoms with E-state index in [-0.39, 0.29) is 6.42 Å². The summed E-state index contributed by atoms with van der Waals surface area (Å²) >= 11 is 0. The van der Waals surface area contributed by atoms with Gasteiger partial charge >= 0.3 is 11.9 Å². The van der Waals surface area contributed by atoms with Gasteiger partial charge in [-0.1, -0.05) is 103 Å². The molecule has 0 aromatic heterocycles. The zero-order valence-electron chi connectivity index (χ0n) is 19.2. The van der Waals surface area contributed by atoms with Gasteiger partial charge < -0.3 is 14.9 Å². The lowest BCUT2D eigenvalue weighted by Crippen LogP contribution is -2.39. The van der Waals surface area contributed by atoms with Gasteiger partial charge in [-0.2, -0.15) is 0 Å². The minimum Gasteiger partial charge on any atom is -0.389 e. The third kappa shape index (κ3) is 16.5. The molecule has 0 saturated heterocycles. The lowest BCUT2D eigenvalue weighted by molar-refractivity contribution is -0.177. The van der Waals surface area contributed by atoms with E-state index in [4.69, 9.17) is 5.11 Å². The molecule has 0 spiro atoms. The largest absolute Gasteiger partial charge is 0.389 e. The van der Waals surface area contributed by atoms with Crippen LogP contribution in [0.1, 0.15) is 130 Å². The molecule has 0 aliphatic heterocycles. The highest BCUT2D eigenvalue weighted by atomic mass is 16.6. The summed E-state index contributed by atoms with van der Waals surface area (Å²) < 4.78 is 4.48. The van der Waals surface area contributed by atoms with Gasteiger partial charge in [0.2, 0.25) is 0 Å². The Balaban J connectivity index is 3.46. The molecule has 0 rings (SSSR count). The maximum atomic E-state index is 11.8. The average Bonchev–Trinajstić information content (AvgIpc) is 2.67. The van der Waals surface area contributed by atoms with Crippen LogP contribution in [-0.2, 0) is 14.3 Å². The summed E-state index contributed by atoms with van der Waals surface area (Å²) in [4.78, 5) is 23.0. The Morgan fingerprint density at radius 2 is 1.10 bits per heavy atom. The number of rotatable bonds is 19. The Bertz CT molecular complexity index is 417. The van der Waals surface area contributed by atoms with Crippen molar-refractivity contribution in [1.82, 2.24) is 0 Å². The van der Waals surface area contributed by atoms with Crippen molar-refractivity contribution in [2.45, 2.75) is 142 Å². The van der Waals surface area contributed by atoms with Gasteiger partial charge in [0.05, 0.1) is 0 Å². The van der Waals surface area contributed by atoms with Crippen LogP contribution in [0.5, 0.6) is 0 Å². The molecule has 2 atom stereocenters. The number of esters is 2. The topological polar surface area (TPSA) is 83.8 Å². The normalized spacial score (nSPS) is 14.4. The van der Waals surface area contributed by atoms with E-state index in [2.05, 4.69) is 11.7 Å². The number of aliphatic hydroxyl groups excluding tert-OH is 1. The van der Waals surface area contributed by atoms with E-state index in [1.54, 1.807) is 0 Å². The number of carbonyl (C=O) groups is 2. The highest BCUT2D eigenvalue weighted by Gasteiger charge is 2.33. The minimum absolute atomic E-state index is 0.261. The van der Waals surface area contributed by atoms with Crippen molar-refractivity contribution in [1.29, 1.82) is 0 Å². The third-order valence-electron chi connectivity index (χ3n) is 5.49. The Morgan fingerprint density at radius 1 is 0.759 bits per heavy atom. The number of unbranched alkanes of at least 4 members (excludes halogenated alkanes) is 15. The van der Waals surface area contributed by atoms with E-state index in [1.165, 1.54) is 97.3 Å². The molecule has 0 heterocycles. The van der Waals surface area contributed by atoms with Crippen LogP contribution >= 0.6 is 0 Å². The Hall–Kier alpha value is -0.940. The summed E-state index contributed by atoms with van der Waals surface area (Å²) in [5.74, 6) is -2.01. The van der Waals surface area contributed by atoms with Crippen molar-refractivity contribution in [3.8, 4) is 0 Å². The van der Waals surface area contributed by atoms with Crippen molar-refractivity contribution in [3.63, 3.8) is 0 Å². The van der Waals surface area contributed by atoms with Gasteiger partial charge in [0.1, 0.15) is 6.10 Å². The first kappa shape index (κ1) is 28.1. The Morgan fingerprint density at radius 3 is 1.45 bits per heavy atom. The smallest absolute Gasteiger partial charge is 0.345 e. The van der Waals surface area contributed by atoms with Gasteiger partial charge in [0.15, 0.2) is 5.60 Å². The fourth-order valence-corrected chi connectivity index (χ4v) is 3.41. The van der Waals surface area contributed by atoms with E-state index in [0.717, 1.165) is 12.8 Å². The summed E-state index contributed by atoms with van der Waals surface area (Å²) in [5.41, 5.74) is -1.68. The van der Waals surface area contributed by atoms with Crippen LogP contribution in [0.4, 0.5) is 0 Å². The predicted octanol–water partition coefficient (Wildman–Crippen LogP) is 5.84. The second kappa shape index (κ2) is 17.9. The van der Waals surface area contributed by atoms with Gasteiger partial charge in [-0.15, -0.1) is 0 Å². The predicted molar refractivity (Wildman–Crippen MR) is 118 cm³/mol. The molecule has 172 valence electrons. The molecule has 0 amide bonds. The molecule has 0 aromatic rings. The van der Waals surface area contributed by atoms with Crippen LogP contribution in [-0.4, -0.2) is 33.9 Å². The molecule has 2 N–H and O–H groups in total. The van der Waals surface area contributed by atoms with E-state index in [9.17, 15) is 14.7 Å².